The van der Waals surface area contributed by atoms with Crippen LogP contribution in [0.1, 0.15) is 27.2 Å². The summed E-state index contributed by atoms with van der Waals surface area (Å²) < 4.78 is 20.0. The van der Waals surface area contributed by atoms with Gasteiger partial charge in [0.1, 0.15) is 18.8 Å². The van der Waals surface area contributed by atoms with Crippen LogP contribution in [0.15, 0.2) is 0 Å². The minimum absolute atomic E-state index is 0.0576. The third-order valence-electron chi connectivity index (χ3n) is 2.57. The van der Waals surface area contributed by atoms with Crippen molar-refractivity contribution in [2.24, 2.45) is 0 Å². The van der Waals surface area contributed by atoms with Crippen LogP contribution < -0.4 is 0 Å². The summed E-state index contributed by atoms with van der Waals surface area (Å²) in [5, 5.41) is 9.48. The van der Waals surface area contributed by atoms with Gasteiger partial charge in [0.05, 0.1) is 0 Å². The summed E-state index contributed by atoms with van der Waals surface area (Å²) in [6, 6.07) is 0. The fourth-order valence-electron chi connectivity index (χ4n) is 1.92. The molecule has 20 heavy (non-hydrogen) atoms. The second kappa shape index (κ2) is 7.20. The van der Waals surface area contributed by atoms with Crippen LogP contribution in [0, 0.1) is 0 Å². The number of aliphatic hydroxyl groups excluding tert-OH is 1. The van der Waals surface area contributed by atoms with Crippen molar-refractivity contribution in [2.75, 3.05) is 6.61 Å². The van der Waals surface area contributed by atoms with Gasteiger partial charge in [0.15, 0.2) is 12.4 Å². The molecule has 8 heteroatoms. The van der Waals surface area contributed by atoms with Crippen LogP contribution in [0.2, 0.25) is 0 Å². The number of aliphatic hydroxyl groups is 1. The number of hydrogen-bond donors (Lipinski definition) is 1. The van der Waals surface area contributed by atoms with E-state index in [2.05, 4.69) is 0 Å². The average molecular weight is 290 g/mol. The van der Waals surface area contributed by atoms with E-state index < -0.39 is 42.5 Å². The Hall–Kier alpha value is -1.67. The van der Waals surface area contributed by atoms with Crippen molar-refractivity contribution in [3.05, 3.63) is 0 Å². The van der Waals surface area contributed by atoms with E-state index in [1.807, 2.05) is 0 Å². The summed E-state index contributed by atoms with van der Waals surface area (Å²) in [7, 11) is 0. The molecule has 0 bridgehead atoms. The van der Waals surface area contributed by atoms with Gasteiger partial charge in [-0.25, -0.2) is 0 Å². The van der Waals surface area contributed by atoms with Gasteiger partial charge in [0, 0.05) is 27.2 Å². The molecule has 0 spiro atoms. The van der Waals surface area contributed by atoms with Crippen LogP contribution in [0.5, 0.6) is 0 Å². The van der Waals surface area contributed by atoms with Crippen molar-refractivity contribution in [2.45, 2.75) is 51.8 Å². The summed E-state index contributed by atoms with van der Waals surface area (Å²) in [5.41, 5.74) is 0. The van der Waals surface area contributed by atoms with Crippen molar-refractivity contribution in [1.82, 2.24) is 0 Å². The Bertz CT molecular complexity index is 380. The highest BCUT2D eigenvalue weighted by molar-refractivity contribution is 5.67. The minimum Gasteiger partial charge on any atom is -0.462 e. The smallest absolute Gasteiger partial charge is 0.303 e. The second-order valence-corrected chi connectivity index (χ2v) is 4.39. The van der Waals surface area contributed by atoms with E-state index in [0.717, 1.165) is 0 Å². The van der Waals surface area contributed by atoms with Gasteiger partial charge in [0.25, 0.3) is 0 Å². The molecule has 4 unspecified atom stereocenters. The Balaban J connectivity index is 2.76. The highest BCUT2D eigenvalue weighted by Gasteiger charge is 2.43. The van der Waals surface area contributed by atoms with Crippen LogP contribution in [0.3, 0.4) is 0 Å². The fraction of sp³-hybridized carbons (Fsp3) is 0.750. The lowest BCUT2D eigenvalue weighted by Gasteiger charge is -2.26. The van der Waals surface area contributed by atoms with Crippen LogP contribution in [0.4, 0.5) is 0 Å². The lowest BCUT2D eigenvalue weighted by atomic mass is 10.1. The van der Waals surface area contributed by atoms with Crippen LogP contribution in [-0.2, 0) is 33.3 Å². The van der Waals surface area contributed by atoms with Crippen molar-refractivity contribution < 1.29 is 38.4 Å². The molecule has 0 saturated carbocycles. The predicted octanol–water partition coefficient (Wildman–Crippen LogP) is -0.480. The largest absolute Gasteiger partial charge is 0.462 e. The molecule has 1 N–H and O–H groups in total. The van der Waals surface area contributed by atoms with E-state index in [-0.39, 0.29) is 13.0 Å². The van der Waals surface area contributed by atoms with Crippen molar-refractivity contribution in [1.29, 1.82) is 0 Å². The first kappa shape index (κ1) is 16.4. The number of hydrogen-bond acceptors (Lipinski definition) is 8. The summed E-state index contributed by atoms with van der Waals surface area (Å²) in [6.45, 7) is 3.37. The van der Waals surface area contributed by atoms with E-state index in [4.69, 9.17) is 18.9 Å². The normalized spacial score (nSPS) is 26.7. The van der Waals surface area contributed by atoms with Crippen molar-refractivity contribution in [3.8, 4) is 0 Å². The molecule has 4 atom stereocenters. The maximum absolute atomic E-state index is 11.1. The molecule has 1 heterocycles. The molecule has 1 saturated heterocycles. The highest BCUT2D eigenvalue weighted by Crippen LogP contribution is 2.26. The lowest BCUT2D eigenvalue weighted by molar-refractivity contribution is -0.182. The number of rotatable bonds is 5. The fourth-order valence-corrected chi connectivity index (χ4v) is 1.92. The molecule has 0 radical (unpaired) electrons. The Morgan fingerprint density at radius 3 is 2.35 bits per heavy atom. The van der Waals surface area contributed by atoms with Gasteiger partial charge >= 0.3 is 17.9 Å². The summed E-state index contributed by atoms with van der Waals surface area (Å²) in [6.07, 6.45) is -3.71. The first-order chi connectivity index (χ1) is 9.29. The van der Waals surface area contributed by atoms with Gasteiger partial charge in [-0.05, 0) is 0 Å². The zero-order chi connectivity index (χ0) is 15.3. The van der Waals surface area contributed by atoms with Gasteiger partial charge in [0.2, 0.25) is 0 Å². The van der Waals surface area contributed by atoms with Gasteiger partial charge in [-0.15, -0.1) is 0 Å². The monoisotopic (exact) mass is 290 g/mol. The molecule has 0 aromatic carbocycles. The van der Waals surface area contributed by atoms with Gasteiger partial charge in [-0.1, -0.05) is 0 Å². The Labute approximate surface area is 115 Å². The lowest BCUT2D eigenvalue weighted by Crippen LogP contribution is -2.42. The minimum atomic E-state index is -1.14. The second-order valence-electron chi connectivity index (χ2n) is 4.39. The van der Waals surface area contributed by atoms with E-state index in [9.17, 15) is 19.5 Å². The molecule has 1 aliphatic rings. The third kappa shape index (κ3) is 5.14. The molecule has 8 nitrogen and oxygen atoms in total. The average Bonchev–Trinajstić information content (AvgIpc) is 2.63. The predicted molar refractivity (Wildman–Crippen MR) is 63.2 cm³/mol. The molecule has 0 aliphatic carbocycles. The molecular weight excluding hydrogens is 272 g/mol. The van der Waals surface area contributed by atoms with Crippen LogP contribution >= 0.6 is 0 Å². The van der Waals surface area contributed by atoms with Crippen LogP contribution in [-0.4, -0.2) is 54.2 Å². The quantitative estimate of drug-likeness (QED) is 0.534. The number of ether oxygens (including phenoxy) is 4. The Kier molecular flexibility index (Phi) is 5.90. The first-order valence-corrected chi connectivity index (χ1v) is 6.11. The third-order valence-corrected chi connectivity index (χ3v) is 2.57. The SMILES string of the molecule is CC(=O)OCC(OC(C)=O)C1OC(O)CC1OC(C)=O. The van der Waals surface area contributed by atoms with E-state index in [0.29, 0.717) is 0 Å². The maximum Gasteiger partial charge on any atom is 0.303 e. The number of carbonyl (C=O) groups is 3. The summed E-state index contributed by atoms with van der Waals surface area (Å²) in [4.78, 5) is 32.9. The van der Waals surface area contributed by atoms with Gasteiger partial charge < -0.3 is 24.1 Å². The van der Waals surface area contributed by atoms with E-state index >= 15 is 0 Å². The molecule has 0 aromatic heterocycles. The summed E-state index contributed by atoms with van der Waals surface area (Å²) in [5.74, 6) is -1.70. The molecular formula is C12H18O8. The molecule has 0 amide bonds. The highest BCUT2D eigenvalue weighted by atomic mass is 16.7. The Morgan fingerprint density at radius 1 is 1.20 bits per heavy atom. The first-order valence-electron chi connectivity index (χ1n) is 6.11. The topological polar surface area (TPSA) is 108 Å². The molecule has 114 valence electrons. The van der Waals surface area contributed by atoms with Gasteiger partial charge in [-0.2, -0.15) is 0 Å². The molecule has 1 aliphatic heterocycles. The molecule has 1 rings (SSSR count). The standard InChI is InChI=1S/C12H18O8/c1-6(13)17-5-10(19-8(3)15)12-9(18-7(2)14)4-11(16)20-12/h9-12,16H,4-5H2,1-3H3. The van der Waals surface area contributed by atoms with Crippen molar-refractivity contribution >= 4 is 17.9 Å². The zero-order valence-electron chi connectivity index (χ0n) is 11.5. The number of carbonyl (C=O) groups excluding carboxylic acids is 3. The Morgan fingerprint density at radius 2 is 1.85 bits per heavy atom. The van der Waals surface area contributed by atoms with Crippen molar-refractivity contribution in [3.63, 3.8) is 0 Å². The maximum atomic E-state index is 11.1. The van der Waals surface area contributed by atoms with E-state index in [1.165, 1.54) is 20.8 Å². The summed E-state index contributed by atoms with van der Waals surface area (Å²) >= 11 is 0. The molecule has 1 fully saturated rings. The zero-order valence-corrected chi connectivity index (χ0v) is 11.5. The van der Waals surface area contributed by atoms with Crippen LogP contribution in [0.25, 0.3) is 0 Å². The number of esters is 3. The van der Waals surface area contributed by atoms with E-state index in [1.54, 1.807) is 0 Å². The molecule has 0 aromatic rings. The van der Waals surface area contributed by atoms with Gasteiger partial charge in [-0.3, -0.25) is 14.4 Å².